The minimum Gasteiger partial charge on any atom is -0.385 e. The van der Waals surface area contributed by atoms with Gasteiger partial charge in [0.1, 0.15) is 11.6 Å². The van der Waals surface area contributed by atoms with Gasteiger partial charge in [0.15, 0.2) is 0 Å². The molecule has 2 saturated heterocycles. The van der Waals surface area contributed by atoms with Crippen molar-refractivity contribution >= 4 is 29.0 Å². The number of ether oxygens (including phenoxy) is 2. The van der Waals surface area contributed by atoms with Gasteiger partial charge in [-0.15, -0.1) is 0 Å². The van der Waals surface area contributed by atoms with Crippen molar-refractivity contribution in [3.05, 3.63) is 41.3 Å². The van der Waals surface area contributed by atoms with Crippen LogP contribution < -0.4 is 16.0 Å². The van der Waals surface area contributed by atoms with E-state index in [1.165, 1.54) is 12.3 Å². The van der Waals surface area contributed by atoms with E-state index in [1.54, 1.807) is 18.2 Å². The van der Waals surface area contributed by atoms with Gasteiger partial charge in [0.2, 0.25) is 5.91 Å². The van der Waals surface area contributed by atoms with Gasteiger partial charge in [0.25, 0.3) is 0 Å². The second-order valence-electron chi connectivity index (χ2n) is 8.58. The highest BCUT2D eigenvalue weighted by atomic mass is 35.5. The van der Waals surface area contributed by atoms with E-state index in [4.69, 9.17) is 21.1 Å². The summed E-state index contributed by atoms with van der Waals surface area (Å²) in [4.78, 5) is 16.7. The number of benzene rings is 1. The third kappa shape index (κ3) is 6.86. The second-order valence-corrected chi connectivity index (χ2v) is 8.99. The number of nitrogens with zero attached hydrogens (tertiary/aromatic N) is 1. The van der Waals surface area contributed by atoms with Crippen molar-refractivity contribution in [2.24, 2.45) is 11.8 Å². The molecule has 3 heterocycles. The van der Waals surface area contributed by atoms with Crippen LogP contribution in [0.4, 0.5) is 15.9 Å². The normalized spacial score (nSPS) is 19.6. The number of halogens is 2. The Morgan fingerprint density at radius 2 is 2.00 bits per heavy atom. The topological polar surface area (TPSA) is 84.5 Å². The van der Waals surface area contributed by atoms with Crippen LogP contribution >= 0.6 is 11.6 Å². The monoisotopic (exact) mass is 476 g/mol. The molecule has 2 aliphatic rings. The lowest BCUT2D eigenvalue weighted by Gasteiger charge is -2.23. The van der Waals surface area contributed by atoms with Crippen LogP contribution in [-0.2, 0) is 14.3 Å². The number of pyridine rings is 1. The zero-order valence-corrected chi connectivity index (χ0v) is 19.3. The van der Waals surface area contributed by atoms with Gasteiger partial charge >= 0.3 is 0 Å². The number of anilines is 2. The highest BCUT2D eigenvalue weighted by Gasteiger charge is 2.18. The first kappa shape index (κ1) is 23.9. The molecule has 0 spiro atoms. The van der Waals surface area contributed by atoms with Crippen LogP contribution in [0.3, 0.4) is 0 Å². The first-order valence-corrected chi connectivity index (χ1v) is 11.8. The molecular formula is C24H30ClFN4O3. The molecule has 2 fully saturated rings. The first-order valence-electron chi connectivity index (χ1n) is 11.4. The summed E-state index contributed by atoms with van der Waals surface area (Å²) >= 11 is 6.36. The standard InChI is InChI=1S/C24H30ClFN4O3/c25-21-14-29-23(30-24(31)9-17-12-27-5-8-33-15-17)11-19(21)20-10-18(1-2-22(20)26)28-13-16-3-6-32-7-4-16/h1-2,10-11,14,16-17,27-28H,3-9,12-13,15H2,(H,29,30,31)/t17-/m0/s1. The van der Waals surface area contributed by atoms with E-state index in [-0.39, 0.29) is 11.8 Å². The van der Waals surface area contributed by atoms with Gasteiger partial charge in [-0.25, -0.2) is 9.37 Å². The number of carbonyl (C=O) groups excluding carboxylic acids is 1. The molecule has 1 amide bonds. The Balaban J connectivity index is 1.44. The van der Waals surface area contributed by atoms with Gasteiger partial charge < -0.3 is 25.4 Å². The Morgan fingerprint density at radius 1 is 1.15 bits per heavy atom. The number of carbonyl (C=O) groups is 1. The minimum atomic E-state index is -0.390. The average molecular weight is 477 g/mol. The van der Waals surface area contributed by atoms with E-state index in [0.29, 0.717) is 47.5 Å². The van der Waals surface area contributed by atoms with E-state index in [1.807, 2.05) is 0 Å². The van der Waals surface area contributed by atoms with E-state index < -0.39 is 5.82 Å². The van der Waals surface area contributed by atoms with Crippen LogP contribution in [0.5, 0.6) is 0 Å². The van der Waals surface area contributed by atoms with Crippen LogP contribution in [0, 0.1) is 17.7 Å². The van der Waals surface area contributed by atoms with E-state index in [9.17, 15) is 9.18 Å². The molecule has 0 radical (unpaired) electrons. The maximum Gasteiger partial charge on any atom is 0.225 e. The predicted octanol–water partition coefficient (Wildman–Crippen LogP) is 3.94. The maximum atomic E-state index is 14.7. The number of rotatable bonds is 7. The Labute approximate surface area is 198 Å². The number of hydrogen-bond donors (Lipinski definition) is 3. The lowest BCUT2D eigenvalue weighted by molar-refractivity contribution is -0.117. The quantitative estimate of drug-likeness (QED) is 0.561. The zero-order valence-electron chi connectivity index (χ0n) is 18.5. The van der Waals surface area contributed by atoms with Crippen molar-refractivity contribution in [1.82, 2.24) is 10.3 Å². The van der Waals surface area contributed by atoms with Crippen molar-refractivity contribution in [2.45, 2.75) is 19.3 Å². The van der Waals surface area contributed by atoms with Crippen LogP contribution in [-0.4, -0.2) is 57.0 Å². The van der Waals surface area contributed by atoms with E-state index in [2.05, 4.69) is 20.9 Å². The van der Waals surface area contributed by atoms with Crippen molar-refractivity contribution in [3.63, 3.8) is 0 Å². The Kier molecular flexibility index (Phi) is 8.50. The summed E-state index contributed by atoms with van der Waals surface area (Å²) in [6, 6.07) is 6.51. The Morgan fingerprint density at radius 3 is 2.85 bits per heavy atom. The van der Waals surface area contributed by atoms with Gasteiger partial charge in [-0.05, 0) is 43.0 Å². The molecule has 7 nitrogen and oxygen atoms in total. The van der Waals surface area contributed by atoms with Crippen LogP contribution in [0.15, 0.2) is 30.5 Å². The zero-order chi connectivity index (χ0) is 23.0. The third-order valence-electron chi connectivity index (χ3n) is 6.00. The number of hydrogen-bond acceptors (Lipinski definition) is 6. The largest absolute Gasteiger partial charge is 0.385 e. The number of amides is 1. The van der Waals surface area contributed by atoms with Crippen molar-refractivity contribution < 1.29 is 18.7 Å². The Bertz CT molecular complexity index is 947. The second kappa shape index (κ2) is 11.7. The summed E-state index contributed by atoms with van der Waals surface area (Å²) in [6.45, 7) is 5.08. The molecule has 2 aliphatic heterocycles. The lowest BCUT2D eigenvalue weighted by atomic mass is 10.00. The molecule has 2 aromatic rings. The summed E-state index contributed by atoms with van der Waals surface area (Å²) in [7, 11) is 0. The molecule has 0 unspecified atom stereocenters. The van der Waals surface area contributed by atoms with Gasteiger partial charge in [-0.2, -0.15) is 0 Å². The van der Waals surface area contributed by atoms with Crippen LogP contribution in [0.2, 0.25) is 5.02 Å². The molecule has 0 aliphatic carbocycles. The number of nitrogens with one attached hydrogen (secondary N) is 3. The summed E-state index contributed by atoms with van der Waals surface area (Å²) in [5, 5.41) is 9.78. The molecule has 1 atom stereocenters. The third-order valence-corrected chi connectivity index (χ3v) is 6.30. The average Bonchev–Trinajstić information content (AvgIpc) is 3.09. The van der Waals surface area contributed by atoms with Gasteiger partial charge in [0.05, 0.1) is 18.2 Å². The van der Waals surface area contributed by atoms with E-state index >= 15 is 0 Å². The molecule has 4 rings (SSSR count). The van der Waals surface area contributed by atoms with Gasteiger partial charge in [0, 0.05) is 68.2 Å². The van der Waals surface area contributed by atoms with Gasteiger partial charge in [-0.1, -0.05) is 11.6 Å². The summed E-state index contributed by atoms with van der Waals surface area (Å²) in [5.41, 5.74) is 1.65. The molecule has 1 aromatic heterocycles. The molecule has 0 saturated carbocycles. The molecule has 9 heteroatoms. The van der Waals surface area contributed by atoms with Crippen LogP contribution in [0.25, 0.3) is 11.1 Å². The summed E-state index contributed by atoms with van der Waals surface area (Å²) < 4.78 is 25.7. The molecule has 178 valence electrons. The number of aromatic nitrogens is 1. The maximum absolute atomic E-state index is 14.7. The molecule has 0 bridgehead atoms. The van der Waals surface area contributed by atoms with E-state index in [0.717, 1.165) is 51.4 Å². The fourth-order valence-corrected chi connectivity index (χ4v) is 4.32. The van der Waals surface area contributed by atoms with Crippen molar-refractivity contribution in [3.8, 4) is 11.1 Å². The Hall–Kier alpha value is -2.26. The fourth-order valence-electron chi connectivity index (χ4n) is 4.11. The fraction of sp³-hybridized carbons (Fsp3) is 0.500. The van der Waals surface area contributed by atoms with Crippen molar-refractivity contribution in [2.75, 3.05) is 56.7 Å². The molecule has 3 N–H and O–H groups in total. The summed E-state index contributed by atoms with van der Waals surface area (Å²) in [6.07, 6.45) is 3.78. The van der Waals surface area contributed by atoms with Crippen LogP contribution in [0.1, 0.15) is 19.3 Å². The predicted molar refractivity (Wildman–Crippen MR) is 127 cm³/mol. The molecule has 33 heavy (non-hydrogen) atoms. The smallest absolute Gasteiger partial charge is 0.225 e. The SMILES string of the molecule is O=C(C[C@H]1CNCCOC1)Nc1cc(-c2cc(NCC3CCOCC3)ccc2F)c(Cl)cn1. The minimum absolute atomic E-state index is 0.0928. The first-order chi connectivity index (χ1) is 16.1. The lowest BCUT2D eigenvalue weighted by Crippen LogP contribution is -2.27. The summed E-state index contributed by atoms with van der Waals surface area (Å²) in [5.74, 6) is 0.406. The molecular weight excluding hydrogens is 447 g/mol. The highest BCUT2D eigenvalue weighted by Crippen LogP contribution is 2.33. The van der Waals surface area contributed by atoms with Gasteiger partial charge in [-0.3, -0.25) is 4.79 Å². The van der Waals surface area contributed by atoms with Crippen molar-refractivity contribution in [1.29, 1.82) is 0 Å². The molecule has 1 aromatic carbocycles. The highest BCUT2D eigenvalue weighted by molar-refractivity contribution is 6.33.